The molecule has 2 aromatic carbocycles. The van der Waals surface area contributed by atoms with Gasteiger partial charge in [-0.05, 0) is 44.2 Å². The molecule has 0 saturated carbocycles. The van der Waals surface area contributed by atoms with Crippen LogP contribution in [0.4, 0.5) is 0 Å². The van der Waals surface area contributed by atoms with Crippen molar-refractivity contribution in [1.29, 1.82) is 0 Å². The lowest BCUT2D eigenvalue weighted by molar-refractivity contribution is 0.0526. The fraction of sp³-hybridized carbons (Fsp3) is 0.167. The lowest BCUT2D eigenvalue weighted by atomic mass is 10.1. The van der Waals surface area contributed by atoms with Gasteiger partial charge in [0.2, 0.25) is 5.88 Å². The molecule has 23 heavy (non-hydrogen) atoms. The van der Waals surface area contributed by atoms with Gasteiger partial charge in [0.05, 0.1) is 23.1 Å². The van der Waals surface area contributed by atoms with E-state index in [0.717, 1.165) is 16.5 Å². The summed E-state index contributed by atoms with van der Waals surface area (Å²) in [5.41, 5.74) is 2.35. The van der Waals surface area contributed by atoms with Crippen LogP contribution in [0.3, 0.4) is 0 Å². The summed E-state index contributed by atoms with van der Waals surface area (Å²) in [7, 11) is 0. The predicted molar refractivity (Wildman–Crippen MR) is 86.7 cm³/mol. The van der Waals surface area contributed by atoms with Crippen LogP contribution in [0.5, 0.6) is 11.6 Å². The van der Waals surface area contributed by atoms with Crippen molar-refractivity contribution in [2.24, 2.45) is 0 Å². The van der Waals surface area contributed by atoms with E-state index in [2.05, 4.69) is 9.97 Å². The normalized spacial score (nSPS) is 10.5. The second-order valence-electron chi connectivity index (χ2n) is 5.05. The molecule has 1 heterocycles. The molecule has 0 aliphatic heterocycles. The van der Waals surface area contributed by atoms with Crippen molar-refractivity contribution >= 4 is 16.9 Å². The Morgan fingerprint density at radius 2 is 2.00 bits per heavy atom. The Hall–Kier alpha value is -2.95. The van der Waals surface area contributed by atoms with Gasteiger partial charge in [-0.25, -0.2) is 14.8 Å². The topological polar surface area (TPSA) is 61.3 Å². The van der Waals surface area contributed by atoms with Crippen LogP contribution in [0.1, 0.15) is 22.8 Å². The average Bonchev–Trinajstić information content (AvgIpc) is 2.56. The highest BCUT2D eigenvalue weighted by Crippen LogP contribution is 2.27. The van der Waals surface area contributed by atoms with E-state index in [1.807, 2.05) is 25.1 Å². The van der Waals surface area contributed by atoms with Crippen molar-refractivity contribution in [3.63, 3.8) is 0 Å². The van der Waals surface area contributed by atoms with Gasteiger partial charge in [-0.15, -0.1) is 0 Å². The number of carbonyl (C=O) groups is 1. The van der Waals surface area contributed by atoms with Gasteiger partial charge in [0.1, 0.15) is 12.1 Å². The molecule has 0 bridgehead atoms. The van der Waals surface area contributed by atoms with Gasteiger partial charge in [0.25, 0.3) is 0 Å². The molecule has 5 heteroatoms. The van der Waals surface area contributed by atoms with Crippen molar-refractivity contribution in [2.45, 2.75) is 13.8 Å². The number of aromatic nitrogens is 2. The Labute approximate surface area is 133 Å². The fourth-order valence-electron chi connectivity index (χ4n) is 2.24. The van der Waals surface area contributed by atoms with Gasteiger partial charge in [-0.1, -0.05) is 17.7 Å². The van der Waals surface area contributed by atoms with Crippen LogP contribution >= 0.6 is 0 Å². The third kappa shape index (κ3) is 3.29. The van der Waals surface area contributed by atoms with E-state index >= 15 is 0 Å². The van der Waals surface area contributed by atoms with E-state index in [1.54, 1.807) is 31.2 Å². The zero-order valence-electron chi connectivity index (χ0n) is 12.9. The molecule has 0 fully saturated rings. The average molecular weight is 308 g/mol. The van der Waals surface area contributed by atoms with Crippen LogP contribution in [0.25, 0.3) is 10.9 Å². The van der Waals surface area contributed by atoms with Crippen LogP contribution in [0, 0.1) is 6.92 Å². The Kier molecular flexibility index (Phi) is 4.19. The monoisotopic (exact) mass is 308 g/mol. The first-order valence-electron chi connectivity index (χ1n) is 7.34. The van der Waals surface area contributed by atoms with Gasteiger partial charge in [0.15, 0.2) is 0 Å². The molecule has 0 unspecified atom stereocenters. The van der Waals surface area contributed by atoms with Crippen molar-refractivity contribution in [3.05, 3.63) is 59.9 Å². The molecule has 5 nitrogen and oxygen atoms in total. The maximum atomic E-state index is 11.8. The number of nitrogens with zero attached hydrogens (tertiary/aromatic N) is 2. The molecular weight excluding hydrogens is 292 g/mol. The number of benzene rings is 2. The maximum Gasteiger partial charge on any atom is 0.338 e. The molecule has 0 saturated heterocycles. The van der Waals surface area contributed by atoms with E-state index < -0.39 is 0 Å². The molecule has 0 N–H and O–H groups in total. The number of carbonyl (C=O) groups excluding carboxylic acids is 1. The molecule has 3 aromatic rings. The molecular formula is C18H16N2O3. The number of ether oxygens (including phenoxy) is 2. The zero-order chi connectivity index (χ0) is 16.2. The first-order valence-corrected chi connectivity index (χ1v) is 7.34. The van der Waals surface area contributed by atoms with Crippen LogP contribution in [-0.2, 0) is 4.74 Å². The predicted octanol–water partition coefficient (Wildman–Crippen LogP) is 3.91. The molecule has 0 atom stereocenters. The van der Waals surface area contributed by atoms with Crippen LogP contribution in [-0.4, -0.2) is 22.5 Å². The molecule has 0 spiro atoms. The minimum absolute atomic E-state index is 0.333. The van der Waals surface area contributed by atoms with E-state index in [1.165, 1.54) is 6.33 Å². The molecule has 0 aliphatic carbocycles. The third-order valence-corrected chi connectivity index (χ3v) is 3.31. The zero-order valence-corrected chi connectivity index (χ0v) is 12.9. The van der Waals surface area contributed by atoms with E-state index in [4.69, 9.17) is 9.47 Å². The van der Waals surface area contributed by atoms with Gasteiger partial charge >= 0.3 is 5.97 Å². The molecule has 116 valence electrons. The summed E-state index contributed by atoms with van der Waals surface area (Å²) >= 11 is 0. The van der Waals surface area contributed by atoms with Crippen LogP contribution in [0.2, 0.25) is 0 Å². The lowest BCUT2D eigenvalue weighted by Gasteiger charge is -2.09. The first-order chi connectivity index (χ1) is 11.2. The second kappa shape index (κ2) is 6.44. The largest absolute Gasteiger partial charge is 0.462 e. The number of esters is 1. The van der Waals surface area contributed by atoms with Crippen LogP contribution < -0.4 is 4.74 Å². The summed E-state index contributed by atoms with van der Waals surface area (Å²) in [6, 6.07) is 12.7. The Balaban J connectivity index is 1.95. The van der Waals surface area contributed by atoms with E-state index in [9.17, 15) is 4.79 Å². The molecule has 0 aliphatic rings. The number of hydrogen-bond donors (Lipinski definition) is 0. The highest BCUT2D eigenvalue weighted by Gasteiger charge is 2.10. The summed E-state index contributed by atoms with van der Waals surface area (Å²) in [5.74, 6) is 0.609. The first kappa shape index (κ1) is 15.0. The molecule has 3 rings (SSSR count). The number of hydrogen-bond acceptors (Lipinski definition) is 5. The van der Waals surface area contributed by atoms with E-state index in [0.29, 0.717) is 23.8 Å². The summed E-state index contributed by atoms with van der Waals surface area (Å²) in [4.78, 5) is 20.2. The third-order valence-electron chi connectivity index (χ3n) is 3.31. The van der Waals surface area contributed by atoms with Crippen molar-refractivity contribution in [3.8, 4) is 11.6 Å². The standard InChI is InChI=1S/C18H16N2O3/c1-3-22-18(21)13-5-4-6-14(10-13)23-17-15-9-12(2)7-8-16(15)19-11-20-17/h4-11H,3H2,1-2H3. The van der Waals surface area contributed by atoms with Crippen LogP contribution in [0.15, 0.2) is 48.8 Å². The summed E-state index contributed by atoms with van der Waals surface area (Å²) < 4.78 is 10.9. The van der Waals surface area contributed by atoms with Gasteiger partial charge in [-0.3, -0.25) is 0 Å². The van der Waals surface area contributed by atoms with Gasteiger partial charge in [0, 0.05) is 0 Å². The Morgan fingerprint density at radius 3 is 2.83 bits per heavy atom. The SMILES string of the molecule is CCOC(=O)c1cccc(Oc2ncnc3ccc(C)cc23)c1. The molecule has 0 amide bonds. The lowest BCUT2D eigenvalue weighted by Crippen LogP contribution is -2.04. The van der Waals surface area contributed by atoms with Crippen molar-refractivity contribution in [1.82, 2.24) is 9.97 Å². The summed E-state index contributed by atoms with van der Waals surface area (Å²) in [5, 5.41) is 0.828. The van der Waals surface area contributed by atoms with Gasteiger partial charge in [-0.2, -0.15) is 0 Å². The minimum atomic E-state index is -0.374. The highest BCUT2D eigenvalue weighted by atomic mass is 16.5. The Morgan fingerprint density at radius 1 is 1.13 bits per heavy atom. The second-order valence-corrected chi connectivity index (χ2v) is 5.05. The van der Waals surface area contributed by atoms with Crippen molar-refractivity contribution < 1.29 is 14.3 Å². The number of rotatable bonds is 4. The molecule has 0 radical (unpaired) electrons. The van der Waals surface area contributed by atoms with Crippen molar-refractivity contribution in [2.75, 3.05) is 6.61 Å². The number of fused-ring (bicyclic) bond motifs is 1. The molecule has 1 aromatic heterocycles. The smallest absolute Gasteiger partial charge is 0.338 e. The highest BCUT2D eigenvalue weighted by molar-refractivity contribution is 5.90. The quantitative estimate of drug-likeness (QED) is 0.684. The number of aryl methyl sites for hydroxylation is 1. The van der Waals surface area contributed by atoms with Gasteiger partial charge < -0.3 is 9.47 Å². The minimum Gasteiger partial charge on any atom is -0.462 e. The Bertz CT molecular complexity index is 862. The summed E-state index contributed by atoms with van der Waals surface area (Å²) in [6.07, 6.45) is 1.46. The summed E-state index contributed by atoms with van der Waals surface area (Å²) in [6.45, 7) is 4.10. The fourth-order valence-corrected chi connectivity index (χ4v) is 2.24. The maximum absolute atomic E-state index is 11.8. The van der Waals surface area contributed by atoms with E-state index in [-0.39, 0.29) is 5.97 Å².